The summed E-state index contributed by atoms with van der Waals surface area (Å²) in [6.45, 7) is 3.33. The van der Waals surface area contributed by atoms with E-state index in [2.05, 4.69) is 59.0 Å². The Morgan fingerprint density at radius 2 is 1.69 bits per heavy atom. The number of carbonyl (C=O) groups is 1. The van der Waals surface area contributed by atoms with Gasteiger partial charge in [0.25, 0.3) is 0 Å². The topological polar surface area (TPSA) is 53.6 Å². The Bertz CT molecular complexity index is 859. The molecule has 2 unspecified atom stereocenters. The van der Waals surface area contributed by atoms with Crippen LogP contribution in [0.5, 0.6) is 5.75 Å². The van der Waals surface area contributed by atoms with E-state index in [-0.39, 0.29) is 17.7 Å². The molecule has 1 amide bonds. The van der Waals surface area contributed by atoms with Crippen molar-refractivity contribution in [2.45, 2.75) is 50.6 Å². The summed E-state index contributed by atoms with van der Waals surface area (Å²) in [6, 6.07) is 17.6. The van der Waals surface area contributed by atoms with Crippen LogP contribution in [0.1, 0.15) is 48.3 Å². The zero-order valence-electron chi connectivity index (χ0n) is 19.5. The lowest BCUT2D eigenvalue weighted by Gasteiger charge is -2.19. The first-order valence-corrected chi connectivity index (χ1v) is 12.0. The second-order valence-electron chi connectivity index (χ2n) is 9.43. The molecular formula is C27H37N3O2. The third kappa shape index (κ3) is 5.90. The molecule has 2 fully saturated rings. The molecule has 5 heteroatoms. The zero-order valence-corrected chi connectivity index (χ0v) is 19.5. The molecule has 2 aromatic rings. The molecule has 2 atom stereocenters. The standard InChI is InChI=1S/C27H37N3O2/c1-30-18-25(22-11-7-21(8-12-22)17-29-23-5-3-4-6-23)26(19-30)27(31)28-16-15-20-9-13-24(32-2)14-10-20/h7-14,23,25-26,29H,3-6,15-19H2,1-2H3,(H,28,31). The molecule has 1 saturated carbocycles. The van der Waals surface area contributed by atoms with Crippen LogP contribution in [0.15, 0.2) is 48.5 Å². The van der Waals surface area contributed by atoms with Crippen molar-refractivity contribution >= 4 is 5.91 Å². The predicted molar refractivity (Wildman–Crippen MR) is 129 cm³/mol. The first-order chi connectivity index (χ1) is 15.6. The summed E-state index contributed by atoms with van der Waals surface area (Å²) in [5.41, 5.74) is 3.80. The van der Waals surface area contributed by atoms with E-state index in [0.717, 1.165) is 31.8 Å². The number of amides is 1. The maximum absolute atomic E-state index is 13.0. The molecule has 1 saturated heterocycles. The number of hydrogen-bond acceptors (Lipinski definition) is 4. The summed E-state index contributed by atoms with van der Waals surface area (Å²) < 4.78 is 5.21. The lowest BCUT2D eigenvalue weighted by Crippen LogP contribution is -2.35. The Kier molecular flexibility index (Phi) is 7.82. The number of hydrogen-bond donors (Lipinski definition) is 2. The second kappa shape index (κ2) is 11.0. The lowest BCUT2D eigenvalue weighted by atomic mass is 9.88. The van der Waals surface area contributed by atoms with Crippen molar-refractivity contribution in [3.8, 4) is 5.75 Å². The third-order valence-corrected chi connectivity index (χ3v) is 7.07. The Labute approximate surface area is 192 Å². The summed E-state index contributed by atoms with van der Waals surface area (Å²) in [5, 5.41) is 6.86. The molecule has 0 aromatic heterocycles. The maximum Gasteiger partial charge on any atom is 0.225 e. The molecule has 4 rings (SSSR count). The van der Waals surface area contributed by atoms with E-state index in [9.17, 15) is 4.79 Å². The molecule has 2 aromatic carbocycles. The number of rotatable bonds is 9. The van der Waals surface area contributed by atoms with Crippen molar-refractivity contribution in [1.29, 1.82) is 0 Å². The Balaban J connectivity index is 1.30. The number of methoxy groups -OCH3 is 1. The van der Waals surface area contributed by atoms with Crippen molar-refractivity contribution in [2.75, 3.05) is 33.8 Å². The number of nitrogens with zero attached hydrogens (tertiary/aromatic N) is 1. The molecular weight excluding hydrogens is 398 g/mol. The largest absolute Gasteiger partial charge is 0.497 e. The van der Waals surface area contributed by atoms with E-state index in [1.165, 1.54) is 42.4 Å². The molecule has 172 valence electrons. The fraction of sp³-hybridized carbons (Fsp3) is 0.519. The molecule has 0 bridgehead atoms. The van der Waals surface area contributed by atoms with Crippen LogP contribution in [0.2, 0.25) is 0 Å². The molecule has 2 N–H and O–H groups in total. The number of nitrogens with one attached hydrogen (secondary N) is 2. The van der Waals surface area contributed by atoms with Crippen LogP contribution in [0, 0.1) is 5.92 Å². The zero-order chi connectivity index (χ0) is 22.3. The summed E-state index contributed by atoms with van der Waals surface area (Å²) in [4.78, 5) is 15.3. The van der Waals surface area contributed by atoms with Gasteiger partial charge in [-0.05, 0) is 55.1 Å². The van der Waals surface area contributed by atoms with Gasteiger partial charge in [0, 0.05) is 38.1 Å². The van der Waals surface area contributed by atoms with Gasteiger partial charge in [-0.3, -0.25) is 4.79 Å². The van der Waals surface area contributed by atoms with Gasteiger partial charge in [-0.2, -0.15) is 0 Å². The van der Waals surface area contributed by atoms with Crippen LogP contribution in [0.25, 0.3) is 0 Å². The van der Waals surface area contributed by atoms with Crippen molar-refractivity contribution in [3.63, 3.8) is 0 Å². The number of ether oxygens (including phenoxy) is 1. The van der Waals surface area contributed by atoms with Crippen LogP contribution in [0.3, 0.4) is 0 Å². The van der Waals surface area contributed by atoms with E-state index < -0.39 is 0 Å². The molecule has 2 aliphatic rings. The highest BCUT2D eigenvalue weighted by Crippen LogP contribution is 2.32. The molecule has 1 aliphatic heterocycles. The monoisotopic (exact) mass is 435 g/mol. The quantitative estimate of drug-likeness (QED) is 0.630. The molecule has 0 radical (unpaired) electrons. The minimum Gasteiger partial charge on any atom is -0.497 e. The van der Waals surface area contributed by atoms with Crippen LogP contribution in [-0.2, 0) is 17.8 Å². The molecule has 5 nitrogen and oxygen atoms in total. The highest BCUT2D eigenvalue weighted by atomic mass is 16.5. The minimum atomic E-state index is -0.00155. The highest BCUT2D eigenvalue weighted by molar-refractivity contribution is 5.80. The van der Waals surface area contributed by atoms with Gasteiger partial charge in [0.2, 0.25) is 5.91 Å². The lowest BCUT2D eigenvalue weighted by molar-refractivity contribution is -0.124. The van der Waals surface area contributed by atoms with Gasteiger partial charge in [-0.1, -0.05) is 49.2 Å². The fourth-order valence-corrected chi connectivity index (χ4v) is 5.13. The maximum atomic E-state index is 13.0. The van der Waals surface area contributed by atoms with Crippen molar-refractivity contribution in [1.82, 2.24) is 15.5 Å². The Morgan fingerprint density at radius 1 is 1.00 bits per heavy atom. The van der Waals surface area contributed by atoms with Crippen molar-refractivity contribution < 1.29 is 9.53 Å². The van der Waals surface area contributed by atoms with Gasteiger partial charge in [0.05, 0.1) is 13.0 Å². The second-order valence-corrected chi connectivity index (χ2v) is 9.43. The summed E-state index contributed by atoms with van der Waals surface area (Å²) in [6.07, 6.45) is 6.15. The third-order valence-electron chi connectivity index (χ3n) is 7.07. The first-order valence-electron chi connectivity index (χ1n) is 12.0. The smallest absolute Gasteiger partial charge is 0.225 e. The minimum absolute atomic E-state index is 0.00155. The van der Waals surface area contributed by atoms with Gasteiger partial charge < -0.3 is 20.3 Å². The van der Waals surface area contributed by atoms with Gasteiger partial charge >= 0.3 is 0 Å². The SMILES string of the molecule is COc1ccc(CCNC(=O)C2CN(C)CC2c2ccc(CNC3CCCC3)cc2)cc1. The molecule has 0 spiro atoms. The van der Waals surface area contributed by atoms with E-state index in [1.54, 1.807) is 7.11 Å². The number of benzene rings is 2. The normalized spacial score (nSPS) is 21.7. The van der Waals surface area contributed by atoms with E-state index in [4.69, 9.17) is 4.74 Å². The average Bonchev–Trinajstić information content (AvgIpc) is 3.48. The molecule has 1 heterocycles. The molecule has 32 heavy (non-hydrogen) atoms. The number of likely N-dealkylation sites (tertiary alicyclic amines) is 1. The summed E-state index contributed by atoms with van der Waals surface area (Å²) in [5.74, 6) is 1.27. The van der Waals surface area contributed by atoms with E-state index in [0.29, 0.717) is 12.6 Å². The number of carbonyl (C=O) groups excluding carboxylic acids is 1. The number of likely N-dealkylation sites (N-methyl/N-ethyl adjacent to an activating group) is 1. The van der Waals surface area contributed by atoms with Crippen LogP contribution in [0.4, 0.5) is 0 Å². The summed E-state index contributed by atoms with van der Waals surface area (Å²) >= 11 is 0. The average molecular weight is 436 g/mol. The van der Waals surface area contributed by atoms with Gasteiger partial charge in [-0.25, -0.2) is 0 Å². The highest BCUT2D eigenvalue weighted by Gasteiger charge is 2.36. The van der Waals surface area contributed by atoms with Gasteiger partial charge in [0.1, 0.15) is 5.75 Å². The van der Waals surface area contributed by atoms with Crippen molar-refractivity contribution in [3.05, 3.63) is 65.2 Å². The van der Waals surface area contributed by atoms with Gasteiger partial charge in [0.15, 0.2) is 0 Å². The molecule has 1 aliphatic carbocycles. The first kappa shape index (κ1) is 22.8. The predicted octanol–water partition coefficient (Wildman–Crippen LogP) is 3.73. The van der Waals surface area contributed by atoms with Gasteiger partial charge in [-0.15, -0.1) is 0 Å². The van der Waals surface area contributed by atoms with E-state index in [1.807, 2.05) is 12.1 Å². The van der Waals surface area contributed by atoms with E-state index >= 15 is 0 Å². The Hall–Kier alpha value is -2.37. The van der Waals surface area contributed by atoms with Crippen molar-refractivity contribution in [2.24, 2.45) is 5.92 Å². The van der Waals surface area contributed by atoms with Crippen LogP contribution in [-0.4, -0.2) is 50.6 Å². The van der Waals surface area contributed by atoms with Crippen LogP contribution < -0.4 is 15.4 Å². The summed E-state index contributed by atoms with van der Waals surface area (Å²) in [7, 11) is 3.78. The fourth-order valence-electron chi connectivity index (χ4n) is 5.13. The van der Waals surface area contributed by atoms with Crippen LogP contribution >= 0.6 is 0 Å². The Morgan fingerprint density at radius 3 is 2.38 bits per heavy atom.